The number of rotatable bonds is 3. The van der Waals surface area contributed by atoms with Crippen molar-refractivity contribution >= 4 is 11.6 Å². The molecule has 1 heterocycles. The third kappa shape index (κ3) is 2.36. The highest BCUT2D eigenvalue weighted by molar-refractivity contribution is 5.94. The Bertz CT molecular complexity index is 488. The van der Waals surface area contributed by atoms with Gasteiger partial charge in [0.25, 0.3) is 0 Å². The standard InChI is InChI=1S/C14H17N3O/c1-10(12-8-16-9-12)14(18)17(2)13-5-3-4-11(6-13)7-15/h3-6,10,12,16H,8-9H2,1-2H3. The summed E-state index contributed by atoms with van der Waals surface area (Å²) < 4.78 is 0. The molecule has 1 N–H and O–H groups in total. The van der Waals surface area contributed by atoms with Gasteiger partial charge in [-0.15, -0.1) is 0 Å². The first-order chi connectivity index (χ1) is 8.63. The van der Waals surface area contributed by atoms with Crippen LogP contribution in [0.4, 0.5) is 5.69 Å². The molecule has 0 bridgehead atoms. The summed E-state index contributed by atoms with van der Waals surface area (Å²) >= 11 is 0. The lowest BCUT2D eigenvalue weighted by Gasteiger charge is -2.34. The molecule has 1 atom stereocenters. The van der Waals surface area contributed by atoms with Gasteiger partial charge in [0.1, 0.15) is 0 Å². The molecule has 0 radical (unpaired) electrons. The van der Waals surface area contributed by atoms with Crippen molar-refractivity contribution in [3.8, 4) is 6.07 Å². The summed E-state index contributed by atoms with van der Waals surface area (Å²) in [5.41, 5.74) is 1.35. The van der Waals surface area contributed by atoms with Gasteiger partial charge in [-0.3, -0.25) is 4.79 Å². The van der Waals surface area contributed by atoms with Crippen LogP contribution in [0.25, 0.3) is 0 Å². The van der Waals surface area contributed by atoms with Gasteiger partial charge in [0.15, 0.2) is 0 Å². The number of anilines is 1. The predicted molar refractivity (Wildman–Crippen MR) is 70.1 cm³/mol. The molecule has 1 amide bonds. The molecule has 1 fully saturated rings. The number of hydrogen-bond acceptors (Lipinski definition) is 3. The molecule has 0 saturated carbocycles. The van der Waals surface area contributed by atoms with Gasteiger partial charge in [-0.05, 0) is 37.2 Å². The molecule has 1 unspecified atom stereocenters. The van der Waals surface area contributed by atoms with Crippen molar-refractivity contribution in [3.05, 3.63) is 29.8 Å². The van der Waals surface area contributed by atoms with E-state index in [0.29, 0.717) is 11.5 Å². The number of amides is 1. The largest absolute Gasteiger partial charge is 0.316 e. The van der Waals surface area contributed by atoms with E-state index in [2.05, 4.69) is 11.4 Å². The molecule has 0 aliphatic carbocycles. The van der Waals surface area contributed by atoms with E-state index in [4.69, 9.17) is 5.26 Å². The fourth-order valence-electron chi connectivity index (χ4n) is 2.08. The zero-order valence-electron chi connectivity index (χ0n) is 10.7. The van der Waals surface area contributed by atoms with Crippen molar-refractivity contribution in [1.29, 1.82) is 5.26 Å². The number of hydrogen-bond donors (Lipinski definition) is 1. The lowest BCUT2D eigenvalue weighted by molar-refractivity contribution is -0.123. The van der Waals surface area contributed by atoms with E-state index in [-0.39, 0.29) is 11.8 Å². The van der Waals surface area contributed by atoms with E-state index < -0.39 is 0 Å². The first kappa shape index (κ1) is 12.6. The van der Waals surface area contributed by atoms with E-state index in [1.54, 1.807) is 30.1 Å². The van der Waals surface area contributed by atoms with E-state index in [1.165, 1.54) is 0 Å². The maximum atomic E-state index is 12.3. The Hall–Kier alpha value is -1.86. The second-order valence-corrected chi connectivity index (χ2v) is 4.77. The number of carbonyl (C=O) groups is 1. The molecule has 1 aliphatic heterocycles. The number of nitrogens with zero attached hydrogens (tertiary/aromatic N) is 2. The second kappa shape index (κ2) is 5.19. The molecule has 4 heteroatoms. The topological polar surface area (TPSA) is 56.1 Å². The predicted octanol–water partition coefficient (Wildman–Crippen LogP) is 1.38. The maximum absolute atomic E-state index is 12.3. The maximum Gasteiger partial charge on any atom is 0.229 e. The van der Waals surface area contributed by atoms with Crippen LogP contribution in [0.15, 0.2) is 24.3 Å². The summed E-state index contributed by atoms with van der Waals surface area (Å²) in [5.74, 6) is 0.553. The molecular weight excluding hydrogens is 226 g/mol. The molecule has 1 aliphatic rings. The smallest absolute Gasteiger partial charge is 0.229 e. The fourth-order valence-corrected chi connectivity index (χ4v) is 2.08. The van der Waals surface area contributed by atoms with E-state index >= 15 is 0 Å². The molecule has 1 saturated heterocycles. The minimum absolute atomic E-state index is 0.0157. The summed E-state index contributed by atoms with van der Waals surface area (Å²) in [6, 6.07) is 9.21. The van der Waals surface area contributed by atoms with Crippen molar-refractivity contribution in [2.24, 2.45) is 11.8 Å². The van der Waals surface area contributed by atoms with Crippen LogP contribution in [0.1, 0.15) is 12.5 Å². The Morgan fingerprint density at radius 3 is 2.83 bits per heavy atom. The number of nitrogens with one attached hydrogen (secondary N) is 1. The molecule has 18 heavy (non-hydrogen) atoms. The minimum atomic E-state index is 0.0157. The van der Waals surface area contributed by atoms with Crippen LogP contribution >= 0.6 is 0 Å². The fraction of sp³-hybridized carbons (Fsp3) is 0.429. The molecule has 0 spiro atoms. The van der Waals surface area contributed by atoms with Crippen LogP contribution in [0.5, 0.6) is 0 Å². The van der Waals surface area contributed by atoms with Gasteiger partial charge in [0, 0.05) is 18.7 Å². The lowest BCUT2D eigenvalue weighted by atomic mass is 9.88. The molecule has 0 aromatic heterocycles. The molecular formula is C14H17N3O. The second-order valence-electron chi connectivity index (χ2n) is 4.77. The molecule has 4 nitrogen and oxygen atoms in total. The SMILES string of the molecule is CC(C(=O)N(C)c1cccc(C#N)c1)C1CNC1. The Morgan fingerprint density at radius 1 is 1.56 bits per heavy atom. The Labute approximate surface area is 107 Å². The van der Waals surface area contributed by atoms with Gasteiger partial charge in [0.2, 0.25) is 5.91 Å². The average Bonchev–Trinajstić information content (AvgIpc) is 2.35. The van der Waals surface area contributed by atoms with Crippen molar-refractivity contribution in [2.75, 3.05) is 25.0 Å². The zero-order valence-corrected chi connectivity index (χ0v) is 10.7. The van der Waals surface area contributed by atoms with Crippen LogP contribution in [-0.2, 0) is 4.79 Å². The molecule has 1 aromatic rings. The zero-order chi connectivity index (χ0) is 13.1. The third-order valence-corrected chi connectivity index (χ3v) is 3.60. The van der Waals surface area contributed by atoms with Gasteiger partial charge >= 0.3 is 0 Å². The van der Waals surface area contributed by atoms with Gasteiger partial charge in [-0.25, -0.2) is 0 Å². The van der Waals surface area contributed by atoms with Crippen LogP contribution in [0.2, 0.25) is 0 Å². The third-order valence-electron chi connectivity index (χ3n) is 3.60. The van der Waals surface area contributed by atoms with Crippen LogP contribution in [-0.4, -0.2) is 26.0 Å². The van der Waals surface area contributed by atoms with Gasteiger partial charge in [-0.2, -0.15) is 5.26 Å². The van der Waals surface area contributed by atoms with Gasteiger partial charge in [-0.1, -0.05) is 13.0 Å². The Kier molecular flexibility index (Phi) is 3.63. The van der Waals surface area contributed by atoms with Crippen LogP contribution in [0, 0.1) is 23.2 Å². The van der Waals surface area contributed by atoms with Crippen LogP contribution in [0.3, 0.4) is 0 Å². The summed E-state index contributed by atoms with van der Waals surface area (Å²) in [6.07, 6.45) is 0. The van der Waals surface area contributed by atoms with E-state index in [0.717, 1.165) is 18.8 Å². The lowest BCUT2D eigenvalue weighted by Crippen LogP contribution is -2.50. The Morgan fingerprint density at radius 2 is 2.28 bits per heavy atom. The summed E-state index contributed by atoms with van der Waals surface area (Å²) in [6.45, 7) is 3.80. The van der Waals surface area contributed by atoms with Crippen LogP contribution < -0.4 is 10.2 Å². The number of nitriles is 1. The number of carbonyl (C=O) groups excluding carboxylic acids is 1. The summed E-state index contributed by atoms with van der Waals surface area (Å²) in [7, 11) is 1.77. The first-order valence-corrected chi connectivity index (χ1v) is 6.12. The van der Waals surface area contributed by atoms with Crippen molar-refractivity contribution in [3.63, 3.8) is 0 Å². The van der Waals surface area contributed by atoms with E-state index in [9.17, 15) is 4.79 Å². The highest BCUT2D eigenvalue weighted by atomic mass is 16.2. The normalized spacial score (nSPS) is 16.5. The highest BCUT2D eigenvalue weighted by Gasteiger charge is 2.30. The molecule has 2 rings (SSSR count). The molecule has 94 valence electrons. The van der Waals surface area contributed by atoms with Crippen molar-refractivity contribution < 1.29 is 4.79 Å². The minimum Gasteiger partial charge on any atom is -0.316 e. The van der Waals surface area contributed by atoms with Crippen molar-refractivity contribution in [2.45, 2.75) is 6.92 Å². The van der Waals surface area contributed by atoms with Crippen molar-refractivity contribution in [1.82, 2.24) is 5.32 Å². The Balaban J connectivity index is 2.12. The quantitative estimate of drug-likeness (QED) is 0.872. The highest BCUT2D eigenvalue weighted by Crippen LogP contribution is 2.22. The van der Waals surface area contributed by atoms with Gasteiger partial charge in [0.05, 0.1) is 11.6 Å². The summed E-state index contributed by atoms with van der Waals surface area (Å²) in [4.78, 5) is 13.9. The molecule has 1 aromatic carbocycles. The van der Waals surface area contributed by atoms with E-state index in [1.807, 2.05) is 13.0 Å². The van der Waals surface area contributed by atoms with Gasteiger partial charge < -0.3 is 10.2 Å². The average molecular weight is 243 g/mol. The first-order valence-electron chi connectivity index (χ1n) is 6.12. The summed E-state index contributed by atoms with van der Waals surface area (Å²) in [5, 5.41) is 12.0. The monoisotopic (exact) mass is 243 g/mol. The number of benzene rings is 1.